The van der Waals surface area contributed by atoms with Crippen molar-refractivity contribution in [2.45, 2.75) is 18.9 Å². The number of nitrogens with one attached hydrogen (secondary N) is 2. The van der Waals surface area contributed by atoms with Gasteiger partial charge in [-0.3, -0.25) is 14.9 Å². The predicted molar refractivity (Wildman–Crippen MR) is 90.3 cm³/mol. The first-order valence-electron chi connectivity index (χ1n) is 8.59. The SMILES string of the molecule is O=C(N[C@@H]1C[NH+]2CCC1CC2)c1ccc(-c2ccc([N+](=O)[O-])cc2)o1. The number of hydrogen-bond acceptors (Lipinski definition) is 4. The number of piperidine rings is 3. The molecule has 0 spiro atoms. The molecule has 3 fully saturated rings. The maximum absolute atomic E-state index is 12.5. The Hall–Kier alpha value is -2.67. The van der Waals surface area contributed by atoms with Crippen LogP contribution in [0.5, 0.6) is 0 Å². The molecule has 2 aromatic rings. The molecule has 7 heteroatoms. The number of rotatable bonds is 4. The molecule has 1 amide bonds. The van der Waals surface area contributed by atoms with Crippen LogP contribution in [-0.4, -0.2) is 36.5 Å². The van der Waals surface area contributed by atoms with E-state index in [9.17, 15) is 14.9 Å². The summed E-state index contributed by atoms with van der Waals surface area (Å²) in [6.07, 6.45) is 2.35. The number of carbonyl (C=O) groups excluding carboxylic acids is 1. The quantitative estimate of drug-likeness (QED) is 0.647. The van der Waals surface area contributed by atoms with Crippen molar-refractivity contribution in [3.05, 3.63) is 52.3 Å². The average Bonchev–Trinajstić information content (AvgIpc) is 3.13. The maximum atomic E-state index is 12.5. The second-order valence-corrected chi connectivity index (χ2v) is 6.84. The van der Waals surface area contributed by atoms with Crippen molar-refractivity contribution < 1.29 is 19.0 Å². The van der Waals surface area contributed by atoms with Gasteiger partial charge in [0, 0.05) is 30.5 Å². The molecular formula is C18H20N3O4+. The molecule has 2 N–H and O–H groups in total. The summed E-state index contributed by atoms with van der Waals surface area (Å²) in [4.78, 5) is 24.3. The lowest BCUT2D eigenvalue weighted by Crippen LogP contribution is -3.17. The Morgan fingerprint density at radius 2 is 1.88 bits per heavy atom. The molecule has 7 nitrogen and oxygen atoms in total. The van der Waals surface area contributed by atoms with Gasteiger partial charge in [-0.15, -0.1) is 0 Å². The summed E-state index contributed by atoms with van der Waals surface area (Å²) < 4.78 is 5.66. The summed E-state index contributed by atoms with van der Waals surface area (Å²) in [6.45, 7) is 3.41. The van der Waals surface area contributed by atoms with Gasteiger partial charge in [0.05, 0.1) is 30.6 Å². The van der Waals surface area contributed by atoms with Crippen LogP contribution in [0.15, 0.2) is 40.8 Å². The molecule has 25 heavy (non-hydrogen) atoms. The lowest BCUT2D eigenvalue weighted by Gasteiger charge is -2.41. The number of amides is 1. The van der Waals surface area contributed by atoms with Gasteiger partial charge < -0.3 is 14.6 Å². The maximum Gasteiger partial charge on any atom is 0.287 e. The molecule has 0 radical (unpaired) electrons. The molecule has 130 valence electrons. The standard InChI is InChI=1S/C18H19N3O4/c22-18(19-15-11-20-9-7-12(15)8-10-20)17-6-5-16(25-17)13-1-3-14(4-2-13)21(23)24/h1-6,12,15H,7-11H2,(H,19,22)/p+1/t15-/m1/s1. The van der Waals surface area contributed by atoms with Crippen LogP contribution in [0, 0.1) is 16.0 Å². The average molecular weight is 342 g/mol. The number of quaternary nitrogens is 1. The first-order valence-corrected chi connectivity index (χ1v) is 8.59. The number of fused-ring (bicyclic) bond motifs is 3. The summed E-state index contributed by atoms with van der Waals surface area (Å²) in [5.74, 6) is 1.19. The molecule has 1 aromatic heterocycles. The van der Waals surface area contributed by atoms with Gasteiger partial charge in [-0.2, -0.15) is 0 Å². The van der Waals surface area contributed by atoms with Gasteiger partial charge in [0.15, 0.2) is 5.76 Å². The number of carbonyl (C=O) groups is 1. The predicted octanol–water partition coefficient (Wildman–Crippen LogP) is 1.26. The fourth-order valence-electron chi connectivity index (χ4n) is 3.90. The number of hydrogen-bond donors (Lipinski definition) is 2. The lowest BCUT2D eigenvalue weighted by molar-refractivity contribution is -0.917. The third-order valence-corrected chi connectivity index (χ3v) is 5.32. The smallest absolute Gasteiger partial charge is 0.287 e. The first-order chi connectivity index (χ1) is 12.1. The van der Waals surface area contributed by atoms with Crippen LogP contribution in [0.4, 0.5) is 5.69 Å². The van der Waals surface area contributed by atoms with Crippen molar-refractivity contribution in [2.24, 2.45) is 5.92 Å². The molecule has 0 aliphatic carbocycles. The summed E-state index contributed by atoms with van der Waals surface area (Å²) in [5.41, 5.74) is 0.732. The van der Waals surface area contributed by atoms with Crippen molar-refractivity contribution in [3.63, 3.8) is 0 Å². The number of nitro groups is 1. The van der Waals surface area contributed by atoms with E-state index in [2.05, 4.69) is 5.32 Å². The Kier molecular flexibility index (Phi) is 4.01. The highest BCUT2D eigenvalue weighted by atomic mass is 16.6. The van der Waals surface area contributed by atoms with E-state index >= 15 is 0 Å². The Morgan fingerprint density at radius 1 is 1.16 bits per heavy atom. The molecule has 2 bridgehead atoms. The van der Waals surface area contributed by atoms with Crippen molar-refractivity contribution >= 4 is 11.6 Å². The van der Waals surface area contributed by atoms with Crippen LogP contribution >= 0.6 is 0 Å². The number of furan rings is 1. The highest BCUT2D eigenvalue weighted by Gasteiger charge is 2.38. The molecule has 0 saturated carbocycles. The van der Waals surface area contributed by atoms with Crippen LogP contribution in [0.3, 0.4) is 0 Å². The second-order valence-electron chi connectivity index (χ2n) is 6.84. The summed E-state index contributed by atoms with van der Waals surface area (Å²) >= 11 is 0. The van der Waals surface area contributed by atoms with Crippen LogP contribution < -0.4 is 10.2 Å². The fraction of sp³-hybridized carbons (Fsp3) is 0.389. The lowest BCUT2D eigenvalue weighted by atomic mass is 9.84. The minimum atomic E-state index is -0.444. The number of non-ortho nitro benzene ring substituents is 1. The molecule has 1 atom stereocenters. The normalized spacial score (nSPS) is 24.9. The minimum absolute atomic E-state index is 0.0260. The Balaban J connectivity index is 1.45. The summed E-state index contributed by atoms with van der Waals surface area (Å²) in [7, 11) is 0. The van der Waals surface area contributed by atoms with Gasteiger partial charge in [-0.25, -0.2) is 0 Å². The van der Waals surface area contributed by atoms with Gasteiger partial charge in [0.25, 0.3) is 11.6 Å². The van der Waals surface area contributed by atoms with E-state index in [0.29, 0.717) is 17.2 Å². The zero-order chi connectivity index (χ0) is 17.4. The van der Waals surface area contributed by atoms with Crippen LogP contribution in [0.25, 0.3) is 11.3 Å². The first kappa shape index (κ1) is 15.8. The monoisotopic (exact) mass is 342 g/mol. The van der Waals surface area contributed by atoms with E-state index in [1.165, 1.54) is 38.1 Å². The van der Waals surface area contributed by atoms with Gasteiger partial charge in [0.1, 0.15) is 5.76 Å². The van der Waals surface area contributed by atoms with Gasteiger partial charge in [-0.05, 0) is 30.2 Å². The highest BCUT2D eigenvalue weighted by molar-refractivity contribution is 5.92. The third-order valence-electron chi connectivity index (χ3n) is 5.32. The molecular weight excluding hydrogens is 322 g/mol. The van der Waals surface area contributed by atoms with Crippen LogP contribution in [-0.2, 0) is 0 Å². The van der Waals surface area contributed by atoms with E-state index in [-0.39, 0.29) is 23.4 Å². The molecule has 3 aliphatic rings. The van der Waals surface area contributed by atoms with E-state index in [0.717, 1.165) is 6.54 Å². The van der Waals surface area contributed by atoms with E-state index < -0.39 is 4.92 Å². The highest BCUT2D eigenvalue weighted by Crippen LogP contribution is 2.25. The summed E-state index contributed by atoms with van der Waals surface area (Å²) in [5, 5.41) is 13.8. The number of nitro benzene ring substituents is 1. The molecule has 5 rings (SSSR count). The zero-order valence-electron chi connectivity index (χ0n) is 13.7. The molecule has 3 saturated heterocycles. The van der Waals surface area contributed by atoms with Gasteiger partial charge >= 0.3 is 0 Å². The van der Waals surface area contributed by atoms with Gasteiger partial charge in [-0.1, -0.05) is 0 Å². The molecule has 3 aliphatic heterocycles. The Morgan fingerprint density at radius 3 is 2.48 bits per heavy atom. The van der Waals surface area contributed by atoms with Gasteiger partial charge in [0.2, 0.25) is 0 Å². The van der Waals surface area contributed by atoms with E-state index in [1.807, 2.05) is 0 Å². The molecule has 4 heterocycles. The Labute approximate surface area is 144 Å². The number of benzene rings is 1. The van der Waals surface area contributed by atoms with Crippen molar-refractivity contribution in [1.82, 2.24) is 5.32 Å². The molecule has 0 unspecified atom stereocenters. The largest absolute Gasteiger partial charge is 0.451 e. The fourth-order valence-corrected chi connectivity index (χ4v) is 3.90. The van der Waals surface area contributed by atoms with Crippen LogP contribution in [0.2, 0.25) is 0 Å². The topological polar surface area (TPSA) is 89.8 Å². The van der Waals surface area contributed by atoms with Crippen LogP contribution in [0.1, 0.15) is 23.4 Å². The number of nitrogens with zero attached hydrogens (tertiary/aromatic N) is 1. The van der Waals surface area contributed by atoms with Crippen molar-refractivity contribution in [3.8, 4) is 11.3 Å². The van der Waals surface area contributed by atoms with E-state index in [4.69, 9.17) is 4.42 Å². The molecule has 1 aromatic carbocycles. The van der Waals surface area contributed by atoms with Crippen molar-refractivity contribution in [1.29, 1.82) is 0 Å². The summed E-state index contributed by atoms with van der Waals surface area (Å²) in [6, 6.07) is 9.68. The Bertz CT molecular complexity index is 791. The minimum Gasteiger partial charge on any atom is -0.451 e. The second kappa shape index (κ2) is 6.33. The van der Waals surface area contributed by atoms with E-state index in [1.54, 1.807) is 29.2 Å². The third kappa shape index (κ3) is 3.15. The van der Waals surface area contributed by atoms with Crippen molar-refractivity contribution in [2.75, 3.05) is 19.6 Å². The zero-order valence-corrected chi connectivity index (χ0v) is 13.7.